The summed E-state index contributed by atoms with van der Waals surface area (Å²) in [4.78, 5) is 2.63. The smallest absolute Gasteiger partial charge is 0.150 e. The van der Waals surface area contributed by atoms with E-state index >= 15 is 0 Å². The van der Waals surface area contributed by atoms with Gasteiger partial charge in [-0.3, -0.25) is 4.90 Å². The van der Waals surface area contributed by atoms with Crippen LogP contribution in [0.4, 0.5) is 0 Å². The number of hydrogen-bond donors (Lipinski definition) is 1. The quantitative estimate of drug-likeness (QED) is 0.842. The number of nitrogens with one attached hydrogen (secondary N) is 1. The molecule has 0 aromatic heterocycles. The van der Waals surface area contributed by atoms with Gasteiger partial charge in [-0.15, -0.1) is 0 Å². The maximum absolute atomic E-state index is 11.6. The normalized spacial score (nSPS) is 37.3. The standard InChI is InChI=1S/C14H26N2O2S/c1-2-12-9-15-14(11-3-4-11)10-16(12)13-5-7-19(17,18)8-6-13/h11-15H,2-10H2,1H3. The monoisotopic (exact) mass is 286 g/mol. The zero-order chi connectivity index (χ0) is 13.5. The first-order chi connectivity index (χ1) is 9.09. The summed E-state index contributed by atoms with van der Waals surface area (Å²) in [6.07, 6.45) is 5.60. The summed E-state index contributed by atoms with van der Waals surface area (Å²) in [5.41, 5.74) is 0. The second kappa shape index (κ2) is 5.34. The summed E-state index contributed by atoms with van der Waals surface area (Å²) in [6, 6.07) is 1.75. The third-order valence-corrected chi connectivity index (χ3v) is 6.86. The summed E-state index contributed by atoms with van der Waals surface area (Å²) in [5.74, 6) is 1.67. The molecule has 0 aromatic carbocycles. The van der Waals surface area contributed by atoms with E-state index in [0.29, 0.717) is 29.6 Å². The summed E-state index contributed by atoms with van der Waals surface area (Å²) >= 11 is 0. The molecule has 4 nitrogen and oxygen atoms in total. The van der Waals surface area contributed by atoms with E-state index in [1.807, 2.05) is 0 Å². The van der Waals surface area contributed by atoms with E-state index in [1.54, 1.807) is 0 Å². The van der Waals surface area contributed by atoms with Gasteiger partial charge in [0.25, 0.3) is 0 Å². The largest absolute Gasteiger partial charge is 0.311 e. The fourth-order valence-electron chi connectivity index (χ4n) is 3.70. The SMILES string of the molecule is CCC1CNC(C2CC2)CN1C1CCS(=O)(=O)CC1. The summed E-state index contributed by atoms with van der Waals surface area (Å²) in [7, 11) is -2.74. The minimum absolute atomic E-state index is 0.395. The van der Waals surface area contributed by atoms with E-state index in [1.165, 1.54) is 12.8 Å². The lowest BCUT2D eigenvalue weighted by atomic mass is 9.98. The van der Waals surface area contributed by atoms with Crippen molar-refractivity contribution in [3.05, 3.63) is 0 Å². The molecule has 1 saturated carbocycles. The minimum atomic E-state index is -2.74. The number of nitrogens with zero attached hydrogens (tertiary/aromatic N) is 1. The van der Waals surface area contributed by atoms with Crippen molar-refractivity contribution in [3.63, 3.8) is 0 Å². The van der Waals surface area contributed by atoms with E-state index < -0.39 is 9.84 Å². The molecule has 1 N–H and O–H groups in total. The summed E-state index contributed by atoms with van der Waals surface area (Å²) in [6.45, 7) is 4.46. The molecule has 3 aliphatic rings. The van der Waals surface area contributed by atoms with E-state index in [-0.39, 0.29) is 0 Å². The minimum Gasteiger partial charge on any atom is -0.311 e. The molecule has 5 heteroatoms. The van der Waals surface area contributed by atoms with Gasteiger partial charge in [0.1, 0.15) is 9.84 Å². The van der Waals surface area contributed by atoms with Crippen LogP contribution in [0.15, 0.2) is 0 Å². The Labute approximate surface area is 116 Å². The van der Waals surface area contributed by atoms with Crippen molar-refractivity contribution in [1.82, 2.24) is 10.2 Å². The molecule has 3 rings (SSSR count). The molecular weight excluding hydrogens is 260 g/mol. The van der Waals surface area contributed by atoms with Gasteiger partial charge in [-0.25, -0.2) is 8.42 Å². The Morgan fingerprint density at radius 2 is 1.84 bits per heavy atom. The first-order valence-electron chi connectivity index (χ1n) is 7.78. The van der Waals surface area contributed by atoms with Crippen molar-refractivity contribution >= 4 is 9.84 Å². The molecule has 2 heterocycles. The van der Waals surface area contributed by atoms with Crippen LogP contribution in [0.5, 0.6) is 0 Å². The predicted octanol–water partition coefficient (Wildman–Crippen LogP) is 1.03. The molecule has 0 bridgehead atoms. The molecule has 2 atom stereocenters. The van der Waals surface area contributed by atoms with Crippen molar-refractivity contribution in [2.45, 2.75) is 57.2 Å². The maximum Gasteiger partial charge on any atom is 0.150 e. The molecule has 0 amide bonds. The van der Waals surface area contributed by atoms with Crippen LogP contribution in [-0.4, -0.2) is 56.0 Å². The molecule has 0 aromatic rings. The van der Waals surface area contributed by atoms with Gasteiger partial charge in [0.15, 0.2) is 0 Å². The third-order valence-electron chi connectivity index (χ3n) is 5.15. The molecule has 3 fully saturated rings. The lowest BCUT2D eigenvalue weighted by Gasteiger charge is -2.45. The lowest BCUT2D eigenvalue weighted by molar-refractivity contribution is 0.0680. The number of hydrogen-bond acceptors (Lipinski definition) is 4. The van der Waals surface area contributed by atoms with Crippen molar-refractivity contribution < 1.29 is 8.42 Å². The molecule has 2 unspecified atom stereocenters. The highest BCUT2D eigenvalue weighted by Crippen LogP contribution is 2.35. The lowest BCUT2D eigenvalue weighted by Crippen LogP contribution is -2.60. The van der Waals surface area contributed by atoms with Crippen LogP contribution in [0.25, 0.3) is 0 Å². The van der Waals surface area contributed by atoms with Gasteiger partial charge in [-0.05, 0) is 38.0 Å². The highest BCUT2D eigenvalue weighted by Gasteiger charge is 2.40. The van der Waals surface area contributed by atoms with Gasteiger partial charge in [0, 0.05) is 31.2 Å². The summed E-state index contributed by atoms with van der Waals surface area (Å²) in [5, 5.41) is 3.71. The Morgan fingerprint density at radius 1 is 1.16 bits per heavy atom. The maximum atomic E-state index is 11.6. The van der Waals surface area contributed by atoms with Crippen LogP contribution >= 0.6 is 0 Å². The Kier molecular flexibility index (Phi) is 3.89. The molecule has 2 saturated heterocycles. The van der Waals surface area contributed by atoms with Crippen LogP contribution < -0.4 is 5.32 Å². The molecule has 0 radical (unpaired) electrons. The highest BCUT2D eigenvalue weighted by atomic mass is 32.2. The van der Waals surface area contributed by atoms with E-state index in [0.717, 1.165) is 38.3 Å². The fraction of sp³-hybridized carbons (Fsp3) is 1.00. The van der Waals surface area contributed by atoms with E-state index in [9.17, 15) is 8.42 Å². The molecule has 0 spiro atoms. The average Bonchev–Trinajstić information content (AvgIpc) is 3.22. The van der Waals surface area contributed by atoms with Crippen molar-refractivity contribution in [2.75, 3.05) is 24.6 Å². The zero-order valence-electron chi connectivity index (χ0n) is 11.8. The third kappa shape index (κ3) is 3.14. The molecule has 19 heavy (non-hydrogen) atoms. The van der Waals surface area contributed by atoms with Gasteiger partial charge in [0.05, 0.1) is 11.5 Å². The van der Waals surface area contributed by atoms with Gasteiger partial charge >= 0.3 is 0 Å². The van der Waals surface area contributed by atoms with Gasteiger partial charge in [0.2, 0.25) is 0 Å². The Bertz CT molecular complexity index is 405. The second-order valence-electron chi connectivity index (χ2n) is 6.49. The van der Waals surface area contributed by atoms with Crippen LogP contribution in [-0.2, 0) is 9.84 Å². The van der Waals surface area contributed by atoms with Crippen LogP contribution in [0, 0.1) is 5.92 Å². The van der Waals surface area contributed by atoms with Crippen LogP contribution in [0.1, 0.15) is 39.0 Å². The van der Waals surface area contributed by atoms with Crippen LogP contribution in [0.3, 0.4) is 0 Å². The Hall–Kier alpha value is -0.130. The van der Waals surface area contributed by atoms with E-state index in [2.05, 4.69) is 17.1 Å². The first kappa shape index (κ1) is 13.8. The Balaban J connectivity index is 1.65. The number of rotatable bonds is 3. The van der Waals surface area contributed by atoms with Gasteiger partial charge in [-0.2, -0.15) is 0 Å². The number of piperazine rings is 1. The molecule has 2 aliphatic heterocycles. The fourth-order valence-corrected chi connectivity index (χ4v) is 5.16. The predicted molar refractivity (Wildman–Crippen MR) is 77.0 cm³/mol. The molecule has 110 valence electrons. The highest BCUT2D eigenvalue weighted by molar-refractivity contribution is 7.91. The van der Waals surface area contributed by atoms with Gasteiger partial charge in [-0.1, -0.05) is 6.92 Å². The first-order valence-corrected chi connectivity index (χ1v) is 9.61. The molecule has 1 aliphatic carbocycles. The Morgan fingerprint density at radius 3 is 2.42 bits per heavy atom. The number of sulfone groups is 1. The van der Waals surface area contributed by atoms with E-state index in [4.69, 9.17) is 0 Å². The van der Waals surface area contributed by atoms with Crippen molar-refractivity contribution in [1.29, 1.82) is 0 Å². The average molecular weight is 286 g/mol. The summed E-state index contributed by atoms with van der Waals surface area (Å²) < 4.78 is 23.2. The topological polar surface area (TPSA) is 49.4 Å². The molecular formula is C14H26N2O2S. The zero-order valence-corrected chi connectivity index (χ0v) is 12.7. The van der Waals surface area contributed by atoms with Crippen LogP contribution in [0.2, 0.25) is 0 Å². The van der Waals surface area contributed by atoms with Gasteiger partial charge < -0.3 is 5.32 Å². The second-order valence-corrected chi connectivity index (χ2v) is 8.80. The van der Waals surface area contributed by atoms with Crippen molar-refractivity contribution in [2.24, 2.45) is 5.92 Å². The van der Waals surface area contributed by atoms with Crippen molar-refractivity contribution in [3.8, 4) is 0 Å².